The summed E-state index contributed by atoms with van der Waals surface area (Å²) in [6.07, 6.45) is 0. The largest absolute Gasteiger partial charge is 0.338 e. The van der Waals surface area contributed by atoms with E-state index in [9.17, 15) is 9.18 Å². The number of halogens is 2. The molecule has 1 amide bonds. The first-order valence-corrected chi connectivity index (χ1v) is 6.33. The molecule has 4 nitrogen and oxygen atoms in total. The first kappa shape index (κ1) is 13.8. The van der Waals surface area contributed by atoms with Crippen molar-refractivity contribution < 1.29 is 9.18 Å². The SMILES string of the molecule is CC(C)N=C1NC(=O)C(C)(c2ccc(F)cc2Cl)N1. The number of guanidine groups is 1. The molecule has 1 aliphatic heterocycles. The second kappa shape index (κ2) is 4.81. The molecule has 1 unspecified atom stereocenters. The van der Waals surface area contributed by atoms with Crippen molar-refractivity contribution in [2.24, 2.45) is 4.99 Å². The third-order valence-electron chi connectivity index (χ3n) is 2.91. The molecule has 1 saturated heterocycles. The number of amides is 1. The standard InChI is InChI=1S/C13H15ClFN3O/c1-7(2)16-12-17-11(19)13(3,18-12)9-5-4-8(15)6-10(9)14/h4-7H,1-3H3,(H2,16,17,18,19). The van der Waals surface area contributed by atoms with Crippen molar-refractivity contribution in [3.8, 4) is 0 Å². The molecule has 1 fully saturated rings. The van der Waals surface area contributed by atoms with E-state index in [2.05, 4.69) is 15.6 Å². The summed E-state index contributed by atoms with van der Waals surface area (Å²) in [6.45, 7) is 5.49. The number of rotatable bonds is 2. The second-order valence-corrected chi connectivity index (χ2v) is 5.31. The molecule has 0 bridgehead atoms. The van der Waals surface area contributed by atoms with Gasteiger partial charge in [0.05, 0.1) is 0 Å². The molecule has 1 aromatic rings. The molecule has 1 aromatic carbocycles. The normalized spacial score (nSPS) is 24.7. The monoisotopic (exact) mass is 283 g/mol. The Morgan fingerprint density at radius 2 is 2.11 bits per heavy atom. The number of hydrogen-bond donors (Lipinski definition) is 2. The summed E-state index contributed by atoms with van der Waals surface area (Å²) in [7, 11) is 0. The summed E-state index contributed by atoms with van der Waals surface area (Å²) in [6, 6.07) is 4.02. The highest BCUT2D eigenvalue weighted by Gasteiger charge is 2.43. The van der Waals surface area contributed by atoms with Crippen molar-refractivity contribution in [2.75, 3.05) is 0 Å². The molecule has 102 valence electrons. The van der Waals surface area contributed by atoms with Gasteiger partial charge in [-0.15, -0.1) is 0 Å². The van der Waals surface area contributed by atoms with E-state index < -0.39 is 11.4 Å². The van der Waals surface area contributed by atoms with Crippen LogP contribution in [0.1, 0.15) is 26.3 Å². The van der Waals surface area contributed by atoms with Crippen LogP contribution in [0.5, 0.6) is 0 Å². The van der Waals surface area contributed by atoms with Crippen LogP contribution in [0.3, 0.4) is 0 Å². The van der Waals surface area contributed by atoms with Gasteiger partial charge in [-0.05, 0) is 32.9 Å². The van der Waals surface area contributed by atoms with Crippen LogP contribution in [0.25, 0.3) is 0 Å². The predicted octanol–water partition coefficient (Wildman–Crippen LogP) is 2.18. The van der Waals surface area contributed by atoms with E-state index in [0.29, 0.717) is 11.5 Å². The fourth-order valence-electron chi connectivity index (χ4n) is 1.96. The third-order valence-corrected chi connectivity index (χ3v) is 3.22. The second-order valence-electron chi connectivity index (χ2n) is 4.90. The molecule has 1 atom stereocenters. The number of hydrogen-bond acceptors (Lipinski definition) is 2. The van der Waals surface area contributed by atoms with Gasteiger partial charge in [-0.2, -0.15) is 0 Å². The number of carbonyl (C=O) groups is 1. The summed E-state index contributed by atoms with van der Waals surface area (Å²) in [5, 5.41) is 5.88. The van der Waals surface area contributed by atoms with Gasteiger partial charge >= 0.3 is 0 Å². The highest BCUT2D eigenvalue weighted by Crippen LogP contribution is 2.31. The lowest BCUT2D eigenvalue weighted by Crippen LogP contribution is -2.41. The topological polar surface area (TPSA) is 53.5 Å². The van der Waals surface area contributed by atoms with Gasteiger partial charge in [-0.1, -0.05) is 17.7 Å². The van der Waals surface area contributed by atoms with Crippen LogP contribution in [0.4, 0.5) is 4.39 Å². The molecule has 0 aliphatic carbocycles. The average molecular weight is 284 g/mol. The van der Waals surface area contributed by atoms with Crippen molar-refractivity contribution in [1.29, 1.82) is 0 Å². The Morgan fingerprint density at radius 1 is 1.42 bits per heavy atom. The lowest BCUT2D eigenvalue weighted by atomic mass is 9.92. The number of benzene rings is 1. The lowest BCUT2D eigenvalue weighted by molar-refractivity contribution is -0.123. The van der Waals surface area contributed by atoms with E-state index in [4.69, 9.17) is 11.6 Å². The summed E-state index contributed by atoms with van der Waals surface area (Å²) < 4.78 is 13.1. The minimum Gasteiger partial charge on any atom is -0.338 e. The molecule has 0 aromatic heterocycles. The van der Waals surface area contributed by atoms with Crippen LogP contribution in [0, 0.1) is 5.82 Å². The zero-order valence-corrected chi connectivity index (χ0v) is 11.7. The minimum atomic E-state index is -1.04. The van der Waals surface area contributed by atoms with Gasteiger partial charge in [0.1, 0.15) is 11.4 Å². The Kier molecular flexibility index (Phi) is 3.49. The number of aliphatic imine (C=N–C) groups is 1. The van der Waals surface area contributed by atoms with Crippen LogP contribution in [0.15, 0.2) is 23.2 Å². The summed E-state index contributed by atoms with van der Waals surface area (Å²) >= 11 is 6.02. The van der Waals surface area contributed by atoms with Crippen molar-refractivity contribution in [1.82, 2.24) is 10.6 Å². The maximum absolute atomic E-state index is 13.1. The van der Waals surface area contributed by atoms with Gasteiger partial charge in [0, 0.05) is 16.6 Å². The Hall–Kier alpha value is -1.62. The van der Waals surface area contributed by atoms with E-state index >= 15 is 0 Å². The smallest absolute Gasteiger partial charge is 0.256 e. The van der Waals surface area contributed by atoms with E-state index in [1.54, 1.807) is 6.92 Å². The summed E-state index contributed by atoms with van der Waals surface area (Å²) in [4.78, 5) is 16.4. The zero-order valence-electron chi connectivity index (χ0n) is 10.9. The number of nitrogens with one attached hydrogen (secondary N) is 2. The van der Waals surface area contributed by atoms with Gasteiger partial charge < -0.3 is 5.32 Å². The molecule has 2 rings (SSSR count). The quantitative estimate of drug-likeness (QED) is 0.874. The molecule has 19 heavy (non-hydrogen) atoms. The summed E-state index contributed by atoms with van der Waals surface area (Å²) in [5.41, 5.74) is -0.527. The third kappa shape index (κ3) is 2.56. The maximum atomic E-state index is 13.1. The van der Waals surface area contributed by atoms with E-state index in [0.717, 1.165) is 0 Å². The molecule has 0 radical (unpaired) electrons. The zero-order chi connectivity index (χ0) is 14.2. The van der Waals surface area contributed by atoms with Crippen LogP contribution in [0.2, 0.25) is 5.02 Å². The minimum absolute atomic E-state index is 0.0499. The Morgan fingerprint density at radius 3 is 2.68 bits per heavy atom. The highest BCUT2D eigenvalue weighted by molar-refractivity contribution is 6.32. The molecule has 1 aliphatic rings. The summed E-state index contributed by atoms with van der Waals surface area (Å²) in [5.74, 6) is -0.296. The lowest BCUT2D eigenvalue weighted by Gasteiger charge is -2.22. The van der Waals surface area contributed by atoms with Gasteiger partial charge in [0.15, 0.2) is 5.96 Å². The highest BCUT2D eigenvalue weighted by atomic mass is 35.5. The molecule has 1 heterocycles. The fourth-order valence-corrected chi connectivity index (χ4v) is 2.32. The Labute approximate surface area is 116 Å². The van der Waals surface area contributed by atoms with Crippen LogP contribution in [-0.2, 0) is 10.3 Å². The van der Waals surface area contributed by atoms with Crippen molar-refractivity contribution >= 4 is 23.5 Å². The van der Waals surface area contributed by atoms with Crippen molar-refractivity contribution in [2.45, 2.75) is 32.4 Å². The van der Waals surface area contributed by atoms with Gasteiger partial charge in [-0.25, -0.2) is 4.39 Å². The van der Waals surface area contributed by atoms with Crippen LogP contribution < -0.4 is 10.6 Å². The number of nitrogens with zero attached hydrogens (tertiary/aromatic N) is 1. The fraction of sp³-hybridized carbons (Fsp3) is 0.385. The molecule has 0 spiro atoms. The Balaban J connectivity index is 2.40. The molecule has 0 saturated carbocycles. The molecule has 2 N–H and O–H groups in total. The average Bonchev–Trinajstić information content (AvgIpc) is 2.53. The molecular formula is C13H15ClFN3O. The van der Waals surface area contributed by atoms with Gasteiger partial charge in [-0.3, -0.25) is 15.1 Å². The van der Waals surface area contributed by atoms with Crippen LogP contribution >= 0.6 is 11.6 Å². The van der Waals surface area contributed by atoms with Gasteiger partial charge in [0.2, 0.25) is 0 Å². The van der Waals surface area contributed by atoms with Gasteiger partial charge in [0.25, 0.3) is 5.91 Å². The molecular weight excluding hydrogens is 269 g/mol. The van der Waals surface area contributed by atoms with E-state index in [-0.39, 0.29) is 17.0 Å². The van der Waals surface area contributed by atoms with Crippen LogP contribution in [-0.4, -0.2) is 17.9 Å². The first-order valence-electron chi connectivity index (χ1n) is 5.96. The maximum Gasteiger partial charge on any atom is 0.256 e. The first-order chi connectivity index (χ1) is 8.83. The molecule has 6 heteroatoms. The Bertz CT molecular complexity index is 559. The van der Waals surface area contributed by atoms with Crippen molar-refractivity contribution in [3.05, 3.63) is 34.6 Å². The predicted molar refractivity (Wildman–Crippen MR) is 72.6 cm³/mol. The van der Waals surface area contributed by atoms with E-state index in [1.165, 1.54) is 18.2 Å². The van der Waals surface area contributed by atoms with E-state index in [1.807, 2.05) is 13.8 Å². The van der Waals surface area contributed by atoms with Crippen molar-refractivity contribution in [3.63, 3.8) is 0 Å². The number of carbonyl (C=O) groups excluding carboxylic acids is 1.